The van der Waals surface area contributed by atoms with E-state index in [9.17, 15) is 0 Å². The monoisotopic (exact) mass is 200 g/mol. The molecule has 0 heteroatoms. The molecule has 0 saturated heterocycles. The van der Waals surface area contributed by atoms with Gasteiger partial charge in [-0.15, -0.1) is 0 Å². The molecule has 0 spiro atoms. The number of rotatable bonds is 1. The highest BCUT2D eigenvalue weighted by atomic mass is 14.4. The van der Waals surface area contributed by atoms with Crippen LogP contribution in [0.4, 0.5) is 0 Å². The van der Waals surface area contributed by atoms with Crippen molar-refractivity contribution < 1.29 is 0 Å². The van der Waals surface area contributed by atoms with Gasteiger partial charge in [-0.2, -0.15) is 0 Å². The highest BCUT2D eigenvalue weighted by Gasteiger charge is 2.36. The standard InChI is InChI=1S/C15H20/c1-2-6-12(7-3-1)15-13-8-4-9-14(15)11-5-10-13/h1-3,6-7,13-15H,4-5,8-11H2. The molecule has 80 valence electrons. The molecule has 0 unspecified atom stereocenters. The summed E-state index contributed by atoms with van der Waals surface area (Å²) in [5.41, 5.74) is 1.62. The van der Waals surface area contributed by atoms with Crippen LogP contribution in [0, 0.1) is 11.8 Å². The third kappa shape index (κ3) is 1.71. The van der Waals surface area contributed by atoms with E-state index in [0.717, 1.165) is 17.8 Å². The highest BCUT2D eigenvalue weighted by molar-refractivity contribution is 5.22. The molecule has 1 aromatic rings. The normalized spacial score (nSPS) is 35.1. The van der Waals surface area contributed by atoms with Crippen LogP contribution in [0.25, 0.3) is 0 Å². The summed E-state index contributed by atoms with van der Waals surface area (Å²) >= 11 is 0. The van der Waals surface area contributed by atoms with Gasteiger partial charge in [0.05, 0.1) is 0 Å². The minimum absolute atomic E-state index is 0.897. The molecule has 0 atom stereocenters. The van der Waals surface area contributed by atoms with Crippen LogP contribution in [-0.4, -0.2) is 0 Å². The molecule has 2 aliphatic carbocycles. The summed E-state index contributed by atoms with van der Waals surface area (Å²) in [6.07, 6.45) is 8.90. The number of fused-ring (bicyclic) bond motifs is 2. The minimum Gasteiger partial charge on any atom is -0.0622 e. The molecule has 15 heavy (non-hydrogen) atoms. The lowest BCUT2D eigenvalue weighted by molar-refractivity contribution is 0.149. The summed E-state index contributed by atoms with van der Waals surface area (Å²) in [4.78, 5) is 0. The van der Waals surface area contributed by atoms with Gasteiger partial charge in [0.1, 0.15) is 0 Å². The first-order chi connectivity index (χ1) is 7.45. The molecule has 2 saturated carbocycles. The molecule has 0 aromatic heterocycles. The smallest absolute Gasteiger partial charge is 0.0105 e. The molecule has 0 heterocycles. The summed E-state index contributed by atoms with van der Waals surface area (Å²) in [5, 5.41) is 0. The van der Waals surface area contributed by atoms with Gasteiger partial charge >= 0.3 is 0 Å². The van der Waals surface area contributed by atoms with Crippen LogP contribution in [-0.2, 0) is 0 Å². The van der Waals surface area contributed by atoms with Gasteiger partial charge in [-0.3, -0.25) is 0 Å². The maximum atomic E-state index is 2.35. The zero-order chi connectivity index (χ0) is 10.1. The third-order valence-corrected chi connectivity index (χ3v) is 4.50. The molecular weight excluding hydrogens is 180 g/mol. The Labute approximate surface area is 92.7 Å². The van der Waals surface area contributed by atoms with Gasteiger partial charge in [-0.1, -0.05) is 43.2 Å². The average molecular weight is 200 g/mol. The van der Waals surface area contributed by atoms with E-state index in [1.54, 1.807) is 5.56 Å². The van der Waals surface area contributed by atoms with Crippen LogP contribution in [0.5, 0.6) is 0 Å². The molecule has 2 bridgehead atoms. The Morgan fingerprint density at radius 3 is 1.80 bits per heavy atom. The lowest BCUT2D eigenvalue weighted by atomic mass is 9.62. The van der Waals surface area contributed by atoms with E-state index in [1.165, 1.54) is 38.5 Å². The largest absolute Gasteiger partial charge is 0.0622 e. The summed E-state index contributed by atoms with van der Waals surface area (Å²) in [6.45, 7) is 0. The van der Waals surface area contributed by atoms with Crippen molar-refractivity contribution in [2.45, 2.75) is 44.4 Å². The number of hydrogen-bond acceptors (Lipinski definition) is 0. The molecule has 0 N–H and O–H groups in total. The molecule has 0 radical (unpaired) electrons. The fraction of sp³-hybridized carbons (Fsp3) is 0.600. The Morgan fingerprint density at radius 1 is 0.733 bits per heavy atom. The van der Waals surface area contributed by atoms with Crippen LogP contribution in [0.1, 0.15) is 50.0 Å². The number of hydrogen-bond donors (Lipinski definition) is 0. The van der Waals surface area contributed by atoms with Crippen LogP contribution < -0.4 is 0 Å². The fourth-order valence-corrected chi connectivity index (χ4v) is 3.90. The van der Waals surface area contributed by atoms with Crippen LogP contribution >= 0.6 is 0 Å². The molecule has 0 aliphatic heterocycles. The van der Waals surface area contributed by atoms with E-state index in [0.29, 0.717) is 0 Å². The van der Waals surface area contributed by atoms with Crippen LogP contribution in [0.3, 0.4) is 0 Å². The van der Waals surface area contributed by atoms with E-state index in [1.807, 2.05) is 0 Å². The van der Waals surface area contributed by atoms with Crippen molar-refractivity contribution in [3.63, 3.8) is 0 Å². The lowest BCUT2D eigenvalue weighted by Crippen LogP contribution is -2.30. The Kier molecular flexibility index (Phi) is 2.52. The van der Waals surface area contributed by atoms with Gasteiger partial charge in [0, 0.05) is 0 Å². The predicted octanol–water partition coefficient (Wildman–Crippen LogP) is 4.37. The van der Waals surface area contributed by atoms with Gasteiger partial charge in [0.15, 0.2) is 0 Å². The molecule has 2 fully saturated rings. The van der Waals surface area contributed by atoms with Gasteiger partial charge in [-0.05, 0) is 49.0 Å². The average Bonchev–Trinajstić information content (AvgIpc) is 2.29. The van der Waals surface area contributed by atoms with Crippen molar-refractivity contribution in [3.05, 3.63) is 35.9 Å². The molecular formula is C15H20. The van der Waals surface area contributed by atoms with E-state index in [2.05, 4.69) is 30.3 Å². The van der Waals surface area contributed by atoms with Crippen molar-refractivity contribution in [2.75, 3.05) is 0 Å². The zero-order valence-electron chi connectivity index (χ0n) is 9.36. The van der Waals surface area contributed by atoms with Crippen LogP contribution in [0.15, 0.2) is 30.3 Å². The first kappa shape index (κ1) is 9.45. The maximum absolute atomic E-state index is 2.35. The molecule has 1 aromatic carbocycles. The maximum Gasteiger partial charge on any atom is -0.0105 e. The molecule has 0 amide bonds. The van der Waals surface area contributed by atoms with Gasteiger partial charge < -0.3 is 0 Å². The minimum atomic E-state index is 0.897. The second-order valence-electron chi connectivity index (χ2n) is 5.32. The topological polar surface area (TPSA) is 0 Å². The van der Waals surface area contributed by atoms with E-state index in [-0.39, 0.29) is 0 Å². The van der Waals surface area contributed by atoms with E-state index in [4.69, 9.17) is 0 Å². The zero-order valence-corrected chi connectivity index (χ0v) is 9.36. The molecule has 3 rings (SSSR count). The Morgan fingerprint density at radius 2 is 1.27 bits per heavy atom. The SMILES string of the molecule is c1ccc(C2C3CCCC2CCC3)cc1. The second kappa shape index (κ2) is 4.00. The summed E-state index contributed by atoms with van der Waals surface area (Å²) < 4.78 is 0. The van der Waals surface area contributed by atoms with Crippen LogP contribution in [0.2, 0.25) is 0 Å². The highest BCUT2D eigenvalue weighted by Crippen LogP contribution is 2.49. The number of benzene rings is 1. The quantitative estimate of drug-likeness (QED) is 0.631. The van der Waals surface area contributed by atoms with Gasteiger partial charge in [0.2, 0.25) is 0 Å². The second-order valence-corrected chi connectivity index (χ2v) is 5.32. The van der Waals surface area contributed by atoms with Crippen molar-refractivity contribution in [1.29, 1.82) is 0 Å². The lowest BCUT2D eigenvalue weighted by Gasteiger charge is -2.43. The predicted molar refractivity (Wildman–Crippen MR) is 63.9 cm³/mol. The van der Waals surface area contributed by atoms with Crippen molar-refractivity contribution >= 4 is 0 Å². The summed E-state index contributed by atoms with van der Waals surface area (Å²) in [7, 11) is 0. The summed E-state index contributed by atoms with van der Waals surface area (Å²) in [5.74, 6) is 2.90. The Hall–Kier alpha value is -0.780. The van der Waals surface area contributed by atoms with Crippen molar-refractivity contribution in [3.8, 4) is 0 Å². The van der Waals surface area contributed by atoms with Gasteiger partial charge in [0.25, 0.3) is 0 Å². The first-order valence-corrected chi connectivity index (χ1v) is 6.50. The van der Waals surface area contributed by atoms with Crippen molar-refractivity contribution in [1.82, 2.24) is 0 Å². The van der Waals surface area contributed by atoms with Crippen molar-refractivity contribution in [2.24, 2.45) is 11.8 Å². The van der Waals surface area contributed by atoms with E-state index >= 15 is 0 Å². The molecule has 2 aliphatic rings. The Bertz CT molecular complexity index is 292. The first-order valence-electron chi connectivity index (χ1n) is 6.50. The van der Waals surface area contributed by atoms with E-state index < -0.39 is 0 Å². The fourth-order valence-electron chi connectivity index (χ4n) is 3.90. The summed E-state index contributed by atoms with van der Waals surface area (Å²) in [6, 6.07) is 11.3. The molecule has 0 nitrogen and oxygen atoms in total. The van der Waals surface area contributed by atoms with Gasteiger partial charge in [-0.25, -0.2) is 0 Å². The third-order valence-electron chi connectivity index (χ3n) is 4.50. The Balaban J connectivity index is 1.90.